The van der Waals surface area contributed by atoms with Crippen molar-refractivity contribution in [1.82, 2.24) is 0 Å². The predicted octanol–water partition coefficient (Wildman–Crippen LogP) is 4.80. The van der Waals surface area contributed by atoms with Crippen molar-refractivity contribution in [2.45, 2.75) is 88.5 Å². The van der Waals surface area contributed by atoms with Gasteiger partial charge in [0.1, 0.15) is 24.4 Å². The molecule has 170 valence electrons. The molecule has 3 aliphatic heterocycles. The second-order valence-electron chi connectivity index (χ2n) is 9.58. The van der Waals surface area contributed by atoms with E-state index in [-0.39, 0.29) is 24.8 Å². The predicted molar refractivity (Wildman–Crippen MR) is 115 cm³/mol. The van der Waals surface area contributed by atoms with Crippen LogP contribution in [-0.4, -0.2) is 53.8 Å². The molecule has 31 heavy (non-hydrogen) atoms. The Balaban J connectivity index is 1.52. The van der Waals surface area contributed by atoms with Crippen LogP contribution in [0.2, 0.25) is 0 Å². The molecule has 0 aliphatic carbocycles. The van der Waals surface area contributed by atoms with Gasteiger partial charge in [0.05, 0.1) is 22.9 Å². The third-order valence-corrected chi connectivity index (χ3v) is 7.33. The summed E-state index contributed by atoms with van der Waals surface area (Å²) in [5, 5.41) is 0. The second-order valence-corrected chi connectivity index (χ2v) is 10.5. The van der Waals surface area contributed by atoms with Crippen LogP contribution < -0.4 is 0 Å². The number of carbonyl (C=O) groups is 2. The third kappa shape index (κ3) is 4.47. The summed E-state index contributed by atoms with van der Waals surface area (Å²) in [6, 6.07) is 7.09. The van der Waals surface area contributed by atoms with Gasteiger partial charge < -0.3 is 23.7 Å². The number of ether oxygens (including phenoxy) is 5. The van der Waals surface area contributed by atoms with Gasteiger partial charge in [0.2, 0.25) is 0 Å². The van der Waals surface area contributed by atoms with Crippen molar-refractivity contribution in [3.63, 3.8) is 0 Å². The van der Waals surface area contributed by atoms with Crippen LogP contribution in [0.3, 0.4) is 0 Å². The number of halogens is 1. The highest BCUT2D eigenvalue weighted by Crippen LogP contribution is 2.45. The van der Waals surface area contributed by atoms with E-state index in [9.17, 15) is 9.59 Å². The molecule has 0 N–H and O–H groups in total. The minimum Gasteiger partial charge on any atom is -0.456 e. The van der Waals surface area contributed by atoms with Crippen molar-refractivity contribution in [2.24, 2.45) is 0 Å². The maximum Gasteiger partial charge on any atom is 0.509 e. The molecule has 0 aromatic heterocycles. The quantitative estimate of drug-likeness (QED) is 0.544. The molecule has 3 saturated heterocycles. The van der Waals surface area contributed by atoms with E-state index < -0.39 is 29.1 Å². The molecular weight excluding hydrogens is 468 g/mol. The van der Waals surface area contributed by atoms with E-state index in [2.05, 4.69) is 15.9 Å². The second kappa shape index (κ2) is 8.05. The molecule has 0 saturated carbocycles. The SMILES string of the molecule is CC1(C)O[C@@H]2CC[C@]3(C)OC(=O)OC[C@H]3O[C@@]2(C)CC[C@H]1OC(=O)c1ccc(Br)cc1. The summed E-state index contributed by atoms with van der Waals surface area (Å²) in [5.41, 5.74) is -1.57. The number of cyclic esters (lactones) is 1. The molecule has 0 spiro atoms. The first-order valence-corrected chi connectivity index (χ1v) is 11.5. The fourth-order valence-electron chi connectivity index (χ4n) is 4.70. The minimum atomic E-state index is -0.745. The number of esters is 1. The Hall–Kier alpha value is -1.64. The molecule has 0 radical (unpaired) electrons. The highest BCUT2D eigenvalue weighted by molar-refractivity contribution is 9.10. The lowest BCUT2D eigenvalue weighted by Gasteiger charge is -2.42. The molecule has 5 atom stereocenters. The number of rotatable bonds is 2. The Morgan fingerprint density at radius 3 is 2.39 bits per heavy atom. The van der Waals surface area contributed by atoms with E-state index in [1.807, 2.05) is 39.8 Å². The molecule has 7 nitrogen and oxygen atoms in total. The van der Waals surface area contributed by atoms with Crippen molar-refractivity contribution >= 4 is 28.1 Å². The zero-order valence-electron chi connectivity index (χ0n) is 18.3. The Labute approximate surface area is 190 Å². The van der Waals surface area contributed by atoms with Gasteiger partial charge in [0, 0.05) is 4.47 Å². The first kappa shape index (κ1) is 22.6. The Morgan fingerprint density at radius 2 is 1.68 bits per heavy atom. The fourth-order valence-corrected chi connectivity index (χ4v) is 4.96. The highest BCUT2D eigenvalue weighted by Gasteiger charge is 2.55. The summed E-state index contributed by atoms with van der Waals surface area (Å²) in [7, 11) is 0. The number of benzene rings is 1. The molecule has 3 heterocycles. The first-order chi connectivity index (χ1) is 14.5. The van der Waals surface area contributed by atoms with Crippen LogP contribution in [0.15, 0.2) is 28.7 Å². The topological polar surface area (TPSA) is 80.3 Å². The normalized spacial score (nSPS) is 37.2. The van der Waals surface area contributed by atoms with E-state index in [0.29, 0.717) is 31.2 Å². The van der Waals surface area contributed by atoms with E-state index >= 15 is 0 Å². The van der Waals surface area contributed by atoms with Gasteiger partial charge in [-0.1, -0.05) is 15.9 Å². The maximum absolute atomic E-state index is 12.7. The molecule has 1 aromatic rings. The summed E-state index contributed by atoms with van der Waals surface area (Å²) in [6.07, 6.45) is 0.791. The van der Waals surface area contributed by atoms with Crippen LogP contribution in [0.25, 0.3) is 0 Å². The summed E-state index contributed by atoms with van der Waals surface area (Å²) < 4.78 is 30.5. The molecule has 0 unspecified atom stereocenters. The van der Waals surface area contributed by atoms with Gasteiger partial charge in [-0.15, -0.1) is 0 Å². The van der Waals surface area contributed by atoms with Gasteiger partial charge in [0.15, 0.2) is 0 Å². The van der Waals surface area contributed by atoms with Crippen LogP contribution in [0, 0.1) is 0 Å². The van der Waals surface area contributed by atoms with E-state index in [4.69, 9.17) is 23.7 Å². The molecule has 1 aromatic carbocycles. The average Bonchev–Trinajstić information content (AvgIpc) is 2.85. The lowest BCUT2D eigenvalue weighted by Crippen LogP contribution is -2.54. The van der Waals surface area contributed by atoms with Gasteiger partial charge >= 0.3 is 12.1 Å². The number of hydrogen-bond donors (Lipinski definition) is 0. The lowest BCUT2D eigenvalue weighted by atomic mass is 9.88. The number of fused-ring (bicyclic) bond motifs is 2. The lowest BCUT2D eigenvalue weighted by molar-refractivity contribution is -0.228. The number of hydrogen-bond acceptors (Lipinski definition) is 7. The van der Waals surface area contributed by atoms with Gasteiger partial charge in [-0.2, -0.15) is 0 Å². The van der Waals surface area contributed by atoms with Gasteiger partial charge in [-0.25, -0.2) is 9.59 Å². The summed E-state index contributed by atoms with van der Waals surface area (Å²) in [4.78, 5) is 24.4. The van der Waals surface area contributed by atoms with Crippen LogP contribution in [0.5, 0.6) is 0 Å². The molecule has 0 amide bonds. The summed E-state index contributed by atoms with van der Waals surface area (Å²) >= 11 is 3.38. The monoisotopic (exact) mass is 496 g/mol. The third-order valence-electron chi connectivity index (χ3n) is 6.80. The highest BCUT2D eigenvalue weighted by atomic mass is 79.9. The minimum absolute atomic E-state index is 0.156. The van der Waals surface area contributed by atoms with Crippen LogP contribution in [0.1, 0.15) is 63.7 Å². The summed E-state index contributed by atoms with van der Waals surface area (Å²) in [5.74, 6) is -0.373. The smallest absolute Gasteiger partial charge is 0.456 e. The van der Waals surface area contributed by atoms with Crippen LogP contribution in [-0.2, 0) is 23.7 Å². The van der Waals surface area contributed by atoms with E-state index in [1.165, 1.54) is 0 Å². The molecule has 3 aliphatic rings. The fraction of sp³-hybridized carbons (Fsp3) is 0.652. The van der Waals surface area contributed by atoms with Gasteiger partial charge in [0.25, 0.3) is 0 Å². The molecule has 8 heteroatoms. The Morgan fingerprint density at radius 1 is 1.00 bits per heavy atom. The van der Waals surface area contributed by atoms with Crippen molar-refractivity contribution in [3.8, 4) is 0 Å². The van der Waals surface area contributed by atoms with Crippen molar-refractivity contribution < 1.29 is 33.3 Å². The van der Waals surface area contributed by atoms with E-state index in [0.717, 1.165) is 4.47 Å². The molecule has 0 bridgehead atoms. The zero-order valence-corrected chi connectivity index (χ0v) is 19.9. The Bertz CT molecular complexity index is 854. The van der Waals surface area contributed by atoms with Gasteiger partial charge in [-0.05, 0) is 77.6 Å². The molecule has 4 rings (SSSR count). The maximum atomic E-state index is 12.7. The van der Waals surface area contributed by atoms with Crippen LogP contribution >= 0.6 is 15.9 Å². The molecule has 3 fully saturated rings. The largest absolute Gasteiger partial charge is 0.509 e. The molecular formula is C23H29BrO7. The Kier molecular flexibility index (Phi) is 5.85. The first-order valence-electron chi connectivity index (χ1n) is 10.7. The van der Waals surface area contributed by atoms with Crippen LogP contribution in [0.4, 0.5) is 4.79 Å². The average molecular weight is 497 g/mol. The van der Waals surface area contributed by atoms with Gasteiger partial charge in [-0.3, -0.25) is 0 Å². The summed E-state index contributed by atoms with van der Waals surface area (Å²) in [6.45, 7) is 7.96. The van der Waals surface area contributed by atoms with Crippen molar-refractivity contribution in [1.29, 1.82) is 0 Å². The van der Waals surface area contributed by atoms with Crippen molar-refractivity contribution in [2.75, 3.05) is 6.61 Å². The number of carbonyl (C=O) groups excluding carboxylic acids is 2. The standard InChI is InChI=1S/C23H29BrO7/c1-21(2)16(28-19(25)14-5-7-15(24)8-6-14)9-11-22(3)17(29-21)10-12-23(4)18(30-22)13-27-20(26)31-23/h5-8,16-18H,9-13H2,1-4H3/t16-,17-,18-,22+,23+/m1/s1. The zero-order chi connectivity index (χ0) is 22.4. The van der Waals surface area contributed by atoms with Crippen molar-refractivity contribution in [3.05, 3.63) is 34.3 Å². The van der Waals surface area contributed by atoms with E-state index in [1.54, 1.807) is 12.1 Å².